The molecule has 0 spiro atoms. The highest BCUT2D eigenvalue weighted by molar-refractivity contribution is 7.99. The van der Waals surface area contributed by atoms with E-state index < -0.39 is 0 Å². The van der Waals surface area contributed by atoms with E-state index in [1.807, 2.05) is 0 Å². The van der Waals surface area contributed by atoms with Gasteiger partial charge in [0.25, 0.3) is 0 Å². The van der Waals surface area contributed by atoms with Crippen molar-refractivity contribution in [3.63, 3.8) is 0 Å². The minimum atomic E-state index is -0.277. The van der Waals surface area contributed by atoms with Gasteiger partial charge in [0.15, 0.2) is 0 Å². The first-order chi connectivity index (χ1) is 4.27. The molecule has 0 aliphatic heterocycles. The first-order valence-electron chi connectivity index (χ1n) is 2.59. The zero-order valence-electron chi connectivity index (χ0n) is 5.29. The van der Waals surface area contributed by atoms with Crippen LogP contribution < -0.4 is 0 Å². The normalized spacial score (nSPS) is 9.11. The summed E-state index contributed by atoms with van der Waals surface area (Å²) in [6.07, 6.45) is 0. The molecule has 9 heavy (non-hydrogen) atoms. The van der Waals surface area contributed by atoms with E-state index in [0.717, 1.165) is 0 Å². The van der Waals surface area contributed by atoms with E-state index in [1.165, 1.54) is 18.7 Å². The molecule has 0 saturated heterocycles. The first-order valence-corrected chi connectivity index (χ1v) is 3.75. The molecule has 1 N–H and O–H groups in total. The minimum absolute atomic E-state index is 0.131. The van der Waals surface area contributed by atoms with E-state index in [2.05, 4.69) is 4.74 Å². The van der Waals surface area contributed by atoms with Crippen LogP contribution in [0.15, 0.2) is 0 Å². The van der Waals surface area contributed by atoms with E-state index in [4.69, 9.17) is 5.11 Å². The van der Waals surface area contributed by atoms with Crippen LogP contribution in [-0.4, -0.2) is 29.4 Å². The van der Waals surface area contributed by atoms with Gasteiger partial charge in [-0.25, -0.2) is 0 Å². The largest absolute Gasteiger partial charge is 0.455 e. The molecule has 0 radical (unpaired) electrons. The molecule has 0 fully saturated rings. The van der Waals surface area contributed by atoms with Crippen molar-refractivity contribution in [3.05, 3.63) is 0 Å². The second-order valence-electron chi connectivity index (χ2n) is 1.39. The number of rotatable bonds is 4. The zero-order valence-corrected chi connectivity index (χ0v) is 6.11. The lowest BCUT2D eigenvalue weighted by molar-refractivity contribution is -0.138. The third-order valence-corrected chi connectivity index (χ3v) is 1.34. The van der Waals surface area contributed by atoms with Crippen molar-refractivity contribution in [3.8, 4) is 0 Å². The van der Waals surface area contributed by atoms with Crippen LogP contribution in [0.1, 0.15) is 6.92 Å². The molecule has 0 bridgehead atoms. The number of carbonyl (C=O) groups excluding carboxylic acids is 1. The van der Waals surface area contributed by atoms with E-state index >= 15 is 0 Å². The molecule has 0 aliphatic rings. The molecule has 54 valence electrons. The molecular formula is C5H10O3S. The highest BCUT2D eigenvalue weighted by atomic mass is 32.2. The van der Waals surface area contributed by atoms with Crippen molar-refractivity contribution in [1.29, 1.82) is 0 Å². The van der Waals surface area contributed by atoms with E-state index in [-0.39, 0.29) is 12.6 Å². The van der Waals surface area contributed by atoms with Gasteiger partial charge < -0.3 is 9.84 Å². The third-order valence-electron chi connectivity index (χ3n) is 0.581. The lowest BCUT2D eigenvalue weighted by atomic mass is 10.8. The van der Waals surface area contributed by atoms with Crippen molar-refractivity contribution in [2.75, 3.05) is 18.3 Å². The lowest BCUT2D eigenvalue weighted by Gasteiger charge is -1.97. The van der Waals surface area contributed by atoms with Crippen molar-refractivity contribution >= 4 is 17.7 Å². The van der Waals surface area contributed by atoms with Gasteiger partial charge in [-0.3, -0.25) is 4.79 Å². The number of esters is 1. The van der Waals surface area contributed by atoms with E-state index in [0.29, 0.717) is 11.7 Å². The van der Waals surface area contributed by atoms with Crippen molar-refractivity contribution in [1.82, 2.24) is 0 Å². The Morgan fingerprint density at radius 3 is 2.89 bits per heavy atom. The highest BCUT2D eigenvalue weighted by Crippen LogP contribution is 1.97. The van der Waals surface area contributed by atoms with Crippen LogP contribution in [0.5, 0.6) is 0 Å². The Kier molecular flexibility index (Phi) is 5.76. The molecule has 0 aromatic heterocycles. The summed E-state index contributed by atoms with van der Waals surface area (Å²) in [5.41, 5.74) is 0. The predicted octanol–water partition coefficient (Wildman–Crippen LogP) is 0.232. The third kappa shape index (κ3) is 7.78. The average Bonchev–Trinajstić information content (AvgIpc) is 1.80. The molecule has 0 unspecified atom stereocenters. The fourth-order valence-corrected chi connectivity index (χ4v) is 0.744. The van der Waals surface area contributed by atoms with Crippen LogP contribution in [0.25, 0.3) is 0 Å². The summed E-state index contributed by atoms with van der Waals surface area (Å²) in [6, 6.07) is 0. The molecule has 0 aromatic carbocycles. The Labute approximate surface area is 58.4 Å². The van der Waals surface area contributed by atoms with E-state index in [1.54, 1.807) is 0 Å². The molecule has 0 aliphatic carbocycles. The maximum atomic E-state index is 10.1. The summed E-state index contributed by atoms with van der Waals surface area (Å²) in [6.45, 7) is 1.49. The standard InChI is InChI=1S/C5H10O3S/c1-5(7)8-4-9-3-2-6/h6H,2-4H2,1H3. The number of ether oxygens (including phenoxy) is 1. The Balaban J connectivity index is 2.83. The predicted molar refractivity (Wildman–Crippen MR) is 36.2 cm³/mol. The molecule has 0 aromatic rings. The van der Waals surface area contributed by atoms with Gasteiger partial charge in [0.1, 0.15) is 5.94 Å². The second kappa shape index (κ2) is 5.91. The summed E-state index contributed by atoms with van der Waals surface area (Å²) in [5.74, 6) is 0.684. The molecule has 3 nitrogen and oxygen atoms in total. The van der Waals surface area contributed by atoms with Gasteiger partial charge in [-0.05, 0) is 0 Å². The van der Waals surface area contributed by atoms with Gasteiger partial charge in [-0.2, -0.15) is 0 Å². The summed E-state index contributed by atoms with van der Waals surface area (Å²) in [4.78, 5) is 10.1. The van der Waals surface area contributed by atoms with Gasteiger partial charge in [0.05, 0.1) is 6.61 Å². The summed E-state index contributed by atoms with van der Waals surface area (Å²) in [7, 11) is 0. The van der Waals surface area contributed by atoms with Crippen molar-refractivity contribution in [2.45, 2.75) is 6.92 Å². The molecule has 0 rings (SSSR count). The number of carbonyl (C=O) groups is 1. The topological polar surface area (TPSA) is 46.5 Å². The highest BCUT2D eigenvalue weighted by Gasteiger charge is 1.90. The van der Waals surface area contributed by atoms with E-state index in [9.17, 15) is 4.79 Å². The minimum Gasteiger partial charge on any atom is -0.455 e. The van der Waals surface area contributed by atoms with Gasteiger partial charge >= 0.3 is 5.97 Å². The maximum Gasteiger partial charge on any atom is 0.303 e. The van der Waals surface area contributed by atoms with Gasteiger partial charge in [0.2, 0.25) is 0 Å². The molecule has 0 amide bonds. The lowest BCUT2D eigenvalue weighted by Crippen LogP contribution is -1.98. The zero-order chi connectivity index (χ0) is 7.11. The number of hydrogen-bond acceptors (Lipinski definition) is 4. The summed E-state index contributed by atoms with van der Waals surface area (Å²) < 4.78 is 4.56. The Morgan fingerprint density at radius 1 is 1.78 bits per heavy atom. The first kappa shape index (κ1) is 8.78. The maximum absolute atomic E-state index is 10.1. The monoisotopic (exact) mass is 150 g/mol. The number of aliphatic hydroxyl groups is 1. The molecule has 0 heterocycles. The number of aliphatic hydroxyl groups excluding tert-OH is 1. The second-order valence-corrected chi connectivity index (χ2v) is 2.44. The average molecular weight is 150 g/mol. The number of hydrogen-bond donors (Lipinski definition) is 1. The fourth-order valence-electron chi connectivity index (χ4n) is 0.248. The Bertz CT molecular complexity index is 84.3. The molecule has 4 heteroatoms. The van der Waals surface area contributed by atoms with Gasteiger partial charge in [-0.15, -0.1) is 11.8 Å². The summed E-state index contributed by atoms with van der Waals surface area (Å²) in [5, 5.41) is 8.27. The van der Waals surface area contributed by atoms with Crippen LogP contribution in [0.2, 0.25) is 0 Å². The smallest absolute Gasteiger partial charge is 0.303 e. The molecule has 0 saturated carbocycles. The molecular weight excluding hydrogens is 140 g/mol. The quantitative estimate of drug-likeness (QED) is 0.354. The van der Waals surface area contributed by atoms with Crippen LogP contribution >= 0.6 is 11.8 Å². The summed E-state index contributed by atoms with van der Waals surface area (Å²) >= 11 is 1.39. The molecule has 0 atom stereocenters. The van der Waals surface area contributed by atoms with Gasteiger partial charge in [-0.1, -0.05) is 0 Å². The van der Waals surface area contributed by atoms with Crippen molar-refractivity contribution < 1.29 is 14.6 Å². The van der Waals surface area contributed by atoms with Crippen LogP contribution in [0.4, 0.5) is 0 Å². The van der Waals surface area contributed by atoms with Crippen LogP contribution in [-0.2, 0) is 9.53 Å². The number of thioether (sulfide) groups is 1. The Hall–Kier alpha value is -0.220. The van der Waals surface area contributed by atoms with Crippen molar-refractivity contribution in [2.24, 2.45) is 0 Å². The van der Waals surface area contributed by atoms with Gasteiger partial charge in [0, 0.05) is 12.7 Å². The Morgan fingerprint density at radius 2 is 2.44 bits per heavy atom. The van der Waals surface area contributed by atoms with Crippen LogP contribution in [0, 0.1) is 0 Å². The fraction of sp³-hybridized carbons (Fsp3) is 0.800. The van der Waals surface area contributed by atoms with Crippen LogP contribution in [0.3, 0.4) is 0 Å². The SMILES string of the molecule is CC(=O)OCSCCO.